The van der Waals surface area contributed by atoms with E-state index in [1.165, 1.54) is 13.2 Å². The number of hydrogen-bond acceptors (Lipinski definition) is 2. The van der Waals surface area contributed by atoms with Crippen molar-refractivity contribution in [3.8, 4) is 5.75 Å². The van der Waals surface area contributed by atoms with Crippen molar-refractivity contribution < 1.29 is 14.2 Å². The average Bonchev–Trinajstić information content (AvgIpc) is 2.05. The van der Waals surface area contributed by atoms with Gasteiger partial charge in [-0.05, 0) is 18.1 Å². The maximum absolute atomic E-state index is 13.0. The van der Waals surface area contributed by atoms with E-state index in [-0.39, 0.29) is 35.2 Å². The lowest BCUT2D eigenvalue weighted by atomic mass is 10.1. The quantitative estimate of drug-likeness (QED) is 0.889. The minimum absolute atomic E-state index is 0. The Bertz CT molecular complexity index is 266. The molecule has 1 aromatic rings. The van der Waals surface area contributed by atoms with Crippen molar-refractivity contribution in [2.75, 3.05) is 13.7 Å². The Kier molecular flexibility index (Phi) is 5.66. The highest BCUT2D eigenvalue weighted by Crippen LogP contribution is 2.22. The van der Waals surface area contributed by atoms with Crippen molar-refractivity contribution in [1.82, 2.24) is 0 Å². The zero-order valence-corrected chi connectivity index (χ0v) is 9.00. The highest BCUT2D eigenvalue weighted by molar-refractivity contribution is 8.93. The third-order valence-electron chi connectivity index (χ3n) is 1.63. The lowest BCUT2D eigenvalue weighted by Crippen LogP contribution is -1.97. The van der Waals surface area contributed by atoms with E-state index in [0.717, 1.165) is 0 Å². The van der Waals surface area contributed by atoms with Crippen molar-refractivity contribution >= 4 is 17.0 Å². The van der Waals surface area contributed by atoms with Crippen LogP contribution >= 0.6 is 17.0 Å². The van der Waals surface area contributed by atoms with Crippen LogP contribution in [-0.2, 0) is 6.42 Å². The number of aliphatic hydroxyl groups excluding tert-OH is 1. The number of hydrogen-bond donors (Lipinski definition) is 1. The van der Waals surface area contributed by atoms with Gasteiger partial charge >= 0.3 is 0 Å². The zero-order valence-electron chi connectivity index (χ0n) is 7.29. The largest absolute Gasteiger partial charge is 0.493 e. The fraction of sp³-hybridized carbons (Fsp3) is 0.333. The van der Waals surface area contributed by atoms with Crippen molar-refractivity contribution in [1.29, 1.82) is 0 Å². The number of rotatable bonds is 3. The van der Waals surface area contributed by atoms with E-state index in [1.807, 2.05) is 0 Å². The monoisotopic (exact) mass is 250 g/mol. The summed E-state index contributed by atoms with van der Waals surface area (Å²) in [6.45, 7) is -0.000185. The fourth-order valence-corrected chi connectivity index (χ4v) is 1.10. The summed E-state index contributed by atoms with van der Waals surface area (Å²) in [6.07, 6.45) is 0.418. The molecule has 0 aliphatic rings. The van der Waals surface area contributed by atoms with Gasteiger partial charge in [-0.3, -0.25) is 0 Å². The molecule has 4 heteroatoms. The second-order valence-corrected chi connectivity index (χ2v) is 2.41. The van der Waals surface area contributed by atoms with Gasteiger partial charge in [0.25, 0.3) is 0 Å². The molecule has 0 spiro atoms. The second-order valence-electron chi connectivity index (χ2n) is 2.41. The van der Waals surface area contributed by atoms with Crippen molar-refractivity contribution in [3.63, 3.8) is 0 Å². The van der Waals surface area contributed by atoms with Crippen LogP contribution < -0.4 is 4.74 Å². The van der Waals surface area contributed by atoms with Gasteiger partial charge < -0.3 is 9.84 Å². The predicted octanol–water partition coefficient (Wildman–Crippen LogP) is 1.95. The molecular weight excluding hydrogens is 239 g/mol. The first-order valence-corrected chi connectivity index (χ1v) is 3.72. The first-order valence-electron chi connectivity index (χ1n) is 3.72. The molecule has 1 aromatic carbocycles. The number of halogens is 2. The molecule has 0 radical (unpaired) electrons. The van der Waals surface area contributed by atoms with Crippen molar-refractivity contribution in [2.45, 2.75) is 6.42 Å². The number of methoxy groups -OCH3 is 1. The molecule has 0 aliphatic heterocycles. The van der Waals surface area contributed by atoms with E-state index >= 15 is 0 Å². The summed E-state index contributed by atoms with van der Waals surface area (Å²) in [6, 6.07) is 4.67. The van der Waals surface area contributed by atoms with Gasteiger partial charge in [0.2, 0.25) is 0 Å². The van der Waals surface area contributed by atoms with Crippen LogP contribution in [0.25, 0.3) is 0 Å². The smallest absolute Gasteiger partial charge is 0.165 e. The molecule has 0 saturated heterocycles. The van der Waals surface area contributed by atoms with E-state index in [9.17, 15) is 4.39 Å². The Morgan fingerprint density at radius 2 is 2.15 bits per heavy atom. The van der Waals surface area contributed by atoms with E-state index in [0.29, 0.717) is 12.0 Å². The molecule has 0 atom stereocenters. The third kappa shape index (κ3) is 2.97. The summed E-state index contributed by atoms with van der Waals surface area (Å²) in [7, 11) is 1.42. The first-order chi connectivity index (χ1) is 5.79. The first kappa shape index (κ1) is 12.4. The molecule has 0 saturated carbocycles. The molecule has 13 heavy (non-hydrogen) atoms. The normalized spacial score (nSPS) is 9.15. The van der Waals surface area contributed by atoms with Gasteiger partial charge in [-0.2, -0.15) is 0 Å². The maximum Gasteiger partial charge on any atom is 0.165 e. The van der Waals surface area contributed by atoms with Crippen LogP contribution in [0, 0.1) is 5.82 Å². The van der Waals surface area contributed by atoms with Crippen LogP contribution in [0.4, 0.5) is 4.39 Å². The molecule has 2 nitrogen and oxygen atoms in total. The Morgan fingerprint density at radius 3 is 2.69 bits per heavy atom. The maximum atomic E-state index is 13.0. The topological polar surface area (TPSA) is 29.5 Å². The summed E-state index contributed by atoms with van der Waals surface area (Å²) in [5, 5.41) is 8.65. The van der Waals surface area contributed by atoms with Crippen molar-refractivity contribution in [3.05, 3.63) is 29.6 Å². The Morgan fingerprint density at radius 1 is 1.46 bits per heavy atom. The summed E-state index contributed by atoms with van der Waals surface area (Å²) in [4.78, 5) is 0. The molecule has 0 aliphatic carbocycles. The molecule has 0 fully saturated rings. The molecule has 1 rings (SSSR count). The highest BCUT2D eigenvalue weighted by atomic mass is 79.9. The number of para-hydroxylation sites is 1. The summed E-state index contributed by atoms with van der Waals surface area (Å²) in [5.74, 6) is -0.157. The molecule has 0 amide bonds. The molecule has 1 N–H and O–H groups in total. The van der Waals surface area contributed by atoms with E-state index in [2.05, 4.69) is 0 Å². The highest BCUT2D eigenvalue weighted by Gasteiger charge is 2.06. The van der Waals surface area contributed by atoms with Gasteiger partial charge in [-0.15, -0.1) is 17.0 Å². The lowest BCUT2D eigenvalue weighted by Gasteiger charge is -2.07. The molecule has 0 bridgehead atoms. The molecule has 74 valence electrons. The fourth-order valence-electron chi connectivity index (χ4n) is 1.10. The van der Waals surface area contributed by atoms with Crippen LogP contribution in [0.1, 0.15) is 5.56 Å². The minimum Gasteiger partial charge on any atom is -0.493 e. The SMILES string of the molecule is Br.COc1c(F)cccc1CCO. The van der Waals surface area contributed by atoms with Gasteiger partial charge in [-0.25, -0.2) is 4.39 Å². The van der Waals surface area contributed by atoms with Gasteiger partial charge in [-0.1, -0.05) is 12.1 Å². The minimum atomic E-state index is -0.386. The van der Waals surface area contributed by atoms with Crippen LogP contribution in [-0.4, -0.2) is 18.8 Å². The second kappa shape index (κ2) is 5.94. The molecule has 0 aromatic heterocycles. The average molecular weight is 251 g/mol. The Balaban J connectivity index is 0.00000144. The van der Waals surface area contributed by atoms with E-state index in [1.54, 1.807) is 12.1 Å². The van der Waals surface area contributed by atoms with Crippen molar-refractivity contribution in [2.24, 2.45) is 0 Å². The number of aliphatic hydroxyl groups is 1. The van der Waals surface area contributed by atoms with Gasteiger partial charge in [0.15, 0.2) is 11.6 Å². The zero-order chi connectivity index (χ0) is 8.97. The van der Waals surface area contributed by atoms with Gasteiger partial charge in [0.1, 0.15) is 0 Å². The van der Waals surface area contributed by atoms with E-state index in [4.69, 9.17) is 9.84 Å². The Labute approximate surface area is 87.1 Å². The Hall–Kier alpha value is -0.610. The van der Waals surface area contributed by atoms with Crippen LogP contribution in [0.3, 0.4) is 0 Å². The van der Waals surface area contributed by atoms with Gasteiger partial charge in [0, 0.05) is 6.61 Å². The predicted molar refractivity (Wildman–Crippen MR) is 54.1 cm³/mol. The van der Waals surface area contributed by atoms with E-state index < -0.39 is 0 Å². The molecular formula is C9H12BrFO2. The van der Waals surface area contributed by atoms with Crippen LogP contribution in [0.15, 0.2) is 18.2 Å². The number of benzene rings is 1. The standard InChI is InChI=1S/C9H11FO2.BrH/c1-12-9-7(5-6-11)3-2-4-8(9)10;/h2-4,11H,5-6H2,1H3;1H. The number of ether oxygens (including phenoxy) is 1. The summed E-state index contributed by atoms with van der Waals surface area (Å²) in [5.41, 5.74) is 0.694. The van der Waals surface area contributed by atoms with Gasteiger partial charge in [0.05, 0.1) is 7.11 Å². The molecule has 0 unspecified atom stereocenters. The van der Waals surface area contributed by atoms with Crippen LogP contribution in [0.2, 0.25) is 0 Å². The summed E-state index contributed by atoms with van der Waals surface area (Å²) < 4.78 is 17.8. The third-order valence-corrected chi connectivity index (χ3v) is 1.63. The summed E-state index contributed by atoms with van der Waals surface area (Å²) >= 11 is 0. The lowest BCUT2D eigenvalue weighted by molar-refractivity contribution is 0.295. The molecule has 0 heterocycles. The van der Waals surface area contributed by atoms with Crippen LogP contribution in [0.5, 0.6) is 5.75 Å².